The van der Waals surface area contributed by atoms with Gasteiger partial charge in [-0.15, -0.1) is 0 Å². The van der Waals surface area contributed by atoms with Crippen molar-refractivity contribution in [2.75, 3.05) is 19.8 Å². The van der Waals surface area contributed by atoms with Gasteiger partial charge in [-0.25, -0.2) is 0 Å². The number of hydrogen-bond acceptors (Lipinski definition) is 2. The highest BCUT2D eigenvalue weighted by molar-refractivity contribution is 4.43. The molecule has 12 heavy (non-hydrogen) atoms. The lowest BCUT2D eigenvalue weighted by Gasteiger charge is -1.79. The number of nitrogens with two attached hydrogens (primary N) is 1. The molecule has 0 spiro atoms. The average Bonchev–Trinajstić information content (AvgIpc) is 2.40. The Hall–Kier alpha value is -0.0800. The first-order valence-electron chi connectivity index (χ1n) is 4.92. The molecule has 0 unspecified atom stereocenters. The van der Waals surface area contributed by atoms with E-state index in [9.17, 15) is 0 Å². The molecule has 2 heteroatoms. The SMILES string of the molecule is C1CCOC1.CC(C)C.CCN. The van der Waals surface area contributed by atoms with Gasteiger partial charge in [0.1, 0.15) is 0 Å². The van der Waals surface area contributed by atoms with Gasteiger partial charge in [0.15, 0.2) is 0 Å². The summed E-state index contributed by atoms with van der Waals surface area (Å²) in [4.78, 5) is 0. The molecule has 0 aromatic carbocycles. The van der Waals surface area contributed by atoms with E-state index in [2.05, 4.69) is 20.8 Å². The third-order valence-electron chi connectivity index (χ3n) is 0.827. The van der Waals surface area contributed by atoms with Crippen LogP contribution in [0.4, 0.5) is 0 Å². The fourth-order valence-corrected chi connectivity index (χ4v) is 0.510. The van der Waals surface area contributed by atoms with E-state index in [1.165, 1.54) is 12.8 Å². The first-order chi connectivity index (χ1) is 5.65. The molecule has 1 fully saturated rings. The Labute approximate surface area is 77.5 Å². The predicted octanol–water partition coefficient (Wildman–Crippen LogP) is 2.42. The molecule has 2 N–H and O–H groups in total. The summed E-state index contributed by atoms with van der Waals surface area (Å²) < 4.78 is 4.94. The number of hydrogen-bond donors (Lipinski definition) is 1. The van der Waals surface area contributed by atoms with Gasteiger partial charge in [-0.05, 0) is 25.3 Å². The maximum atomic E-state index is 4.94. The van der Waals surface area contributed by atoms with Crippen LogP contribution in [0.3, 0.4) is 0 Å². The number of rotatable bonds is 0. The van der Waals surface area contributed by atoms with Gasteiger partial charge in [-0.1, -0.05) is 27.7 Å². The van der Waals surface area contributed by atoms with Crippen molar-refractivity contribution in [2.24, 2.45) is 11.7 Å². The second-order valence-corrected chi connectivity index (χ2v) is 3.46. The molecule has 0 atom stereocenters. The molecule has 0 bridgehead atoms. The van der Waals surface area contributed by atoms with Crippen molar-refractivity contribution in [3.8, 4) is 0 Å². The molecule has 0 aromatic heterocycles. The van der Waals surface area contributed by atoms with Gasteiger partial charge < -0.3 is 10.5 Å². The zero-order chi connectivity index (χ0) is 9.82. The summed E-state index contributed by atoms with van der Waals surface area (Å²) >= 11 is 0. The van der Waals surface area contributed by atoms with Crippen LogP contribution in [0.2, 0.25) is 0 Å². The van der Waals surface area contributed by atoms with Crippen molar-refractivity contribution in [3.63, 3.8) is 0 Å². The van der Waals surface area contributed by atoms with Crippen molar-refractivity contribution >= 4 is 0 Å². The Morgan fingerprint density at radius 1 is 1.17 bits per heavy atom. The van der Waals surface area contributed by atoms with E-state index >= 15 is 0 Å². The standard InChI is InChI=1S/C4H8O.C4H10.C2H7N/c1-2-4-5-3-1;1-4(2)3;1-2-3/h1-4H2;4H,1-3H3;2-3H2,1H3. The Morgan fingerprint density at radius 2 is 1.42 bits per heavy atom. The lowest BCUT2D eigenvalue weighted by Crippen LogP contribution is -1.87. The maximum absolute atomic E-state index is 4.94. The highest BCUT2D eigenvalue weighted by Crippen LogP contribution is 1.98. The Morgan fingerprint density at radius 3 is 1.50 bits per heavy atom. The first kappa shape index (κ1) is 14.4. The van der Waals surface area contributed by atoms with E-state index in [4.69, 9.17) is 10.5 Å². The Balaban J connectivity index is 0. The minimum Gasteiger partial charge on any atom is -0.381 e. The zero-order valence-corrected chi connectivity index (χ0v) is 9.10. The minimum absolute atomic E-state index is 0.750. The van der Waals surface area contributed by atoms with E-state index in [-0.39, 0.29) is 0 Å². The zero-order valence-electron chi connectivity index (χ0n) is 9.10. The van der Waals surface area contributed by atoms with Gasteiger partial charge in [0.2, 0.25) is 0 Å². The highest BCUT2D eigenvalue weighted by Gasteiger charge is 1.94. The first-order valence-corrected chi connectivity index (χ1v) is 4.92. The highest BCUT2D eigenvalue weighted by atomic mass is 16.5. The quantitative estimate of drug-likeness (QED) is 0.613. The summed E-state index contributed by atoms with van der Waals surface area (Å²) in [6.07, 6.45) is 2.56. The van der Waals surface area contributed by atoms with Gasteiger partial charge in [0.05, 0.1) is 0 Å². The fraction of sp³-hybridized carbons (Fsp3) is 1.00. The van der Waals surface area contributed by atoms with Crippen LogP contribution in [-0.2, 0) is 4.74 Å². The monoisotopic (exact) mass is 175 g/mol. The molecule has 1 aliphatic rings. The molecule has 0 amide bonds. The van der Waals surface area contributed by atoms with Crippen LogP contribution >= 0.6 is 0 Å². The summed E-state index contributed by atoms with van der Waals surface area (Å²) in [5, 5.41) is 0. The Kier molecular flexibility index (Phi) is 16.3. The van der Waals surface area contributed by atoms with Crippen LogP contribution in [0, 0.1) is 5.92 Å². The fourth-order valence-electron chi connectivity index (χ4n) is 0.510. The maximum Gasteiger partial charge on any atom is 0.0466 e. The molecule has 0 aromatic rings. The van der Waals surface area contributed by atoms with E-state index in [0.717, 1.165) is 25.7 Å². The van der Waals surface area contributed by atoms with Gasteiger partial charge in [0, 0.05) is 13.2 Å². The minimum atomic E-state index is 0.750. The molecule has 1 heterocycles. The van der Waals surface area contributed by atoms with Crippen LogP contribution in [-0.4, -0.2) is 19.8 Å². The van der Waals surface area contributed by atoms with Crippen molar-refractivity contribution in [2.45, 2.75) is 40.5 Å². The molecule has 1 rings (SSSR count). The molecule has 2 nitrogen and oxygen atoms in total. The summed E-state index contributed by atoms with van der Waals surface area (Å²) in [6.45, 7) is 11.2. The molecule has 0 saturated carbocycles. The molecular formula is C10H25NO. The molecule has 1 aliphatic heterocycles. The van der Waals surface area contributed by atoms with Crippen LogP contribution in [0.1, 0.15) is 40.5 Å². The summed E-state index contributed by atoms with van der Waals surface area (Å²) in [7, 11) is 0. The van der Waals surface area contributed by atoms with Gasteiger partial charge >= 0.3 is 0 Å². The van der Waals surface area contributed by atoms with Crippen LogP contribution < -0.4 is 5.73 Å². The van der Waals surface area contributed by atoms with Crippen LogP contribution in [0.15, 0.2) is 0 Å². The summed E-state index contributed by atoms with van der Waals surface area (Å²) in [5.74, 6) is 0.833. The third kappa shape index (κ3) is 32.6. The normalized spacial score (nSPS) is 14.5. The van der Waals surface area contributed by atoms with Crippen molar-refractivity contribution < 1.29 is 4.74 Å². The van der Waals surface area contributed by atoms with E-state index in [1.54, 1.807) is 0 Å². The second kappa shape index (κ2) is 13.5. The van der Waals surface area contributed by atoms with Gasteiger partial charge in [-0.3, -0.25) is 0 Å². The smallest absolute Gasteiger partial charge is 0.0466 e. The van der Waals surface area contributed by atoms with Crippen LogP contribution in [0.25, 0.3) is 0 Å². The van der Waals surface area contributed by atoms with Gasteiger partial charge in [-0.2, -0.15) is 0 Å². The molecule has 0 aliphatic carbocycles. The summed E-state index contributed by atoms with van der Waals surface area (Å²) in [5.41, 5.74) is 4.85. The van der Waals surface area contributed by atoms with Crippen LogP contribution in [0.5, 0.6) is 0 Å². The van der Waals surface area contributed by atoms with Crippen molar-refractivity contribution in [1.29, 1.82) is 0 Å². The summed E-state index contributed by atoms with van der Waals surface area (Å²) in [6, 6.07) is 0. The lowest BCUT2D eigenvalue weighted by atomic mass is 10.3. The predicted molar refractivity (Wildman–Crippen MR) is 55.3 cm³/mol. The lowest BCUT2D eigenvalue weighted by molar-refractivity contribution is 0.198. The molecule has 0 radical (unpaired) electrons. The van der Waals surface area contributed by atoms with E-state index < -0.39 is 0 Å². The number of ether oxygens (including phenoxy) is 1. The average molecular weight is 175 g/mol. The topological polar surface area (TPSA) is 35.2 Å². The molecule has 1 saturated heterocycles. The van der Waals surface area contributed by atoms with E-state index in [1.807, 2.05) is 6.92 Å². The van der Waals surface area contributed by atoms with Crippen molar-refractivity contribution in [3.05, 3.63) is 0 Å². The molecule has 76 valence electrons. The molecular weight excluding hydrogens is 150 g/mol. The second-order valence-electron chi connectivity index (χ2n) is 3.46. The van der Waals surface area contributed by atoms with Crippen molar-refractivity contribution in [1.82, 2.24) is 0 Å². The Bertz CT molecular complexity index is 50.5. The third-order valence-corrected chi connectivity index (χ3v) is 0.827. The van der Waals surface area contributed by atoms with Gasteiger partial charge in [0.25, 0.3) is 0 Å². The largest absolute Gasteiger partial charge is 0.381 e. The van der Waals surface area contributed by atoms with E-state index in [0.29, 0.717) is 0 Å².